The Morgan fingerprint density at radius 2 is 0.500 bits per heavy atom. The molecule has 2 aromatic carbocycles. The SMILES string of the molecule is CCCCCCCCCCCCCCCCCCOc1ccc(Cc2ccccc2)c(OCCCCCCCCCCCCCCCCCC)c1OCCCCCCCCCCCCCCCCCC. The molecule has 0 saturated carbocycles. The van der Waals surface area contributed by atoms with Gasteiger partial charge >= 0.3 is 0 Å². The Bertz CT molecular complexity index is 1320. The number of rotatable bonds is 56. The fraction of sp³-hybridized carbons (Fsp3) is 0.821. The average molecular weight is 974 g/mol. The maximum atomic E-state index is 6.82. The highest BCUT2D eigenvalue weighted by molar-refractivity contribution is 5.57. The van der Waals surface area contributed by atoms with E-state index in [0.717, 1.165) is 62.8 Å². The molecule has 2 aromatic rings. The van der Waals surface area contributed by atoms with E-state index >= 15 is 0 Å². The van der Waals surface area contributed by atoms with Gasteiger partial charge in [-0.15, -0.1) is 0 Å². The molecule has 0 N–H and O–H groups in total. The average Bonchev–Trinajstić information content (AvgIpc) is 3.38. The Kier molecular flexibility index (Phi) is 47.3. The number of unbranched alkanes of at least 4 members (excludes halogenated alkanes) is 45. The highest BCUT2D eigenvalue weighted by atomic mass is 16.5. The summed E-state index contributed by atoms with van der Waals surface area (Å²) in [7, 11) is 0. The van der Waals surface area contributed by atoms with Gasteiger partial charge in [0.2, 0.25) is 5.75 Å². The first-order chi connectivity index (χ1) is 34.8. The summed E-state index contributed by atoms with van der Waals surface area (Å²) >= 11 is 0. The Morgan fingerprint density at radius 3 is 0.800 bits per heavy atom. The monoisotopic (exact) mass is 973 g/mol. The van der Waals surface area contributed by atoms with E-state index in [0.29, 0.717) is 0 Å². The van der Waals surface area contributed by atoms with Gasteiger partial charge in [-0.3, -0.25) is 0 Å². The summed E-state index contributed by atoms with van der Waals surface area (Å²) in [6.45, 7) is 9.12. The Morgan fingerprint density at radius 1 is 0.243 bits per heavy atom. The summed E-state index contributed by atoms with van der Waals surface area (Å²) in [5.74, 6) is 2.64. The predicted octanol–water partition coefficient (Wildman–Crippen LogP) is 23.2. The molecule has 0 radical (unpaired) electrons. The molecule has 0 amide bonds. The number of ether oxygens (including phenoxy) is 3. The Labute approximate surface area is 438 Å². The van der Waals surface area contributed by atoms with Crippen LogP contribution in [0.2, 0.25) is 0 Å². The lowest BCUT2D eigenvalue weighted by Crippen LogP contribution is -2.08. The second-order valence-electron chi connectivity index (χ2n) is 22.0. The van der Waals surface area contributed by atoms with Crippen LogP contribution < -0.4 is 14.2 Å². The van der Waals surface area contributed by atoms with Crippen molar-refractivity contribution in [2.45, 2.75) is 335 Å². The van der Waals surface area contributed by atoms with E-state index in [1.165, 1.54) is 300 Å². The quantitative estimate of drug-likeness (QED) is 0.0618. The van der Waals surface area contributed by atoms with Gasteiger partial charge in [0.1, 0.15) is 0 Å². The van der Waals surface area contributed by atoms with Crippen LogP contribution in [0.15, 0.2) is 42.5 Å². The zero-order valence-electron chi connectivity index (χ0n) is 47.5. The standard InChI is InChI=1S/C67H120O3/c1-4-7-10-13-16-19-22-25-28-31-34-37-40-43-46-52-59-68-65-58-57-64(62-63-55-50-49-51-56-63)66(69-60-53-47-44-41-38-35-32-29-26-23-20-17-14-11-8-5-2)67(65)70-61-54-48-45-42-39-36-33-30-27-24-21-18-15-12-9-6-3/h49-51,55-58H,4-48,52-54,59-62H2,1-3H3. The maximum absolute atomic E-state index is 6.82. The molecule has 0 unspecified atom stereocenters. The summed E-state index contributed by atoms with van der Waals surface area (Å²) in [6.07, 6.45) is 67.0. The zero-order chi connectivity index (χ0) is 49.7. The summed E-state index contributed by atoms with van der Waals surface area (Å²) in [5, 5.41) is 0. The third kappa shape index (κ3) is 39.4. The van der Waals surface area contributed by atoms with Crippen LogP contribution in [0, 0.1) is 0 Å². The lowest BCUT2D eigenvalue weighted by molar-refractivity contribution is 0.233. The first-order valence-electron chi connectivity index (χ1n) is 31.9. The minimum Gasteiger partial charge on any atom is -0.490 e. The van der Waals surface area contributed by atoms with Gasteiger partial charge in [-0.05, 0) is 30.9 Å². The molecule has 0 aliphatic carbocycles. The largest absolute Gasteiger partial charge is 0.490 e. The summed E-state index contributed by atoms with van der Waals surface area (Å²) in [5.41, 5.74) is 2.51. The number of benzene rings is 2. The van der Waals surface area contributed by atoms with Crippen LogP contribution in [0.1, 0.15) is 340 Å². The molecule has 406 valence electrons. The predicted molar refractivity (Wildman–Crippen MR) is 311 cm³/mol. The van der Waals surface area contributed by atoms with Crippen LogP contribution >= 0.6 is 0 Å². The minimum absolute atomic E-state index is 0.720. The van der Waals surface area contributed by atoms with Crippen LogP contribution in [0.4, 0.5) is 0 Å². The molecule has 2 rings (SSSR count). The van der Waals surface area contributed by atoms with Crippen LogP contribution in [0.25, 0.3) is 0 Å². The van der Waals surface area contributed by atoms with Crippen LogP contribution in [0.5, 0.6) is 17.2 Å². The molecule has 0 atom stereocenters. The van der Waals surface area contributed by atoms with E-state index < -0.39 is 0 Å². The second kappa shape index (κ2) is 51.7. The van der Waals surface area contributed by atoms with Crippen molar-refractivity contribution < 1.29 is 14.2 Å². The van der Waals surface area contributed by atoms with Gasteiger partial charge in [-0.1, -0.05) is 346 Å². The normalized spacial score (nSPS) is 11.5. The van der Waals surface area contributed by atoms with E-state index in [1.807, 2.05) is 0 Å². The van der Waals surface area contributed by atoms with Gasteiger partial charge < -0.3 is 14.2 Å². The molecule has 0 saturated heterocycles. The third-order valence-electron chi connectivity index (χ3n) is 15.1. The van der Waals surface area contributed by atoms with Gasteiger partial charge in [0.05, 0.1) is 19.8 Å². The molecule has 0 aliphatic rings. The maximum Gasteiger partial charge on any atom is 0.203 e. The van der Waals surface area contributed by atoms with Crippen molar-refractivity contribution in [2.24, 2.45) is 0 Å². The molecule has 70 heavy (non-hydrogen) atoms. The van der Waals surface area contributed by atoms with Crippen molar-refractivity contribution in [3.8, 4) is 17.2 Å². The molecule has 0 spiro atoms. The van der Waals surface area contributed by atoms with Crippen molar-refractivity contribution in [3.63, 3.8) is 0 Å². The molecule has 3 nitrogen and oxygen atoms in total. The highest BCUT2D eigenvalue weighted by Gasteiger charge is 2.19. The van der Waals surface area contributed by atoms with Crippen LogP contribution in [0.3, 0.4) is 0 Å². The lowest BCUT2D eigenvalue weighted by Gasteiger charge is -2.20. The fourth-order valence-corrected chi connectivity index (χ4v) is 10.4. The van der Waals surface area contributed by atoms with E-state index in [2.05, 4.69) is 63.2 Å². The molecular formula is C67H120O3. The van der Waals surface area contributed by atoms with Crippen molar-refractivity contribution in [3.05, 3.63) is 53.6 Å². The summed E-state index contributed by atoms with van der Waals surface area (Å²) in [4.78, 5) is 0. The first-order valence-corrected chi connectivity index (χ1v) is 31.9. The second-order valence-corrected chi connectivity index (χ2v) is 22.0. The van der Waals surface area contributed by atoms with Crippen LogP contribution in [-0.4, -0.2) is 19.8 Å². The van der Waals surface area contributed by atoms with Gasteiger partial charge in [-0.2, -0.15) is 0 Å². The number of hydrogen-bond donors (Lipinski definition) is 0. The molecule has 0 heterocycles. The Hall–Kier alpha value is -2.16. The molecule has 0 fully saturated rings. The fourth-order valence-electron chi connectivity index (χ4n) is 10.4. The van der Waals surface area contributed by atoms with Gasteiger partial charge in [0, 0.05) is 12.0 Å². The van der Waals surface area contributed by atoms with Gasteiger partial charge in [0.25, 0.3) is 0 Å². The Balaban J connectivity index is 1.82. The van der Waals surface area contributed by atoms with Gasteiger partial charge in [-0.25, -0.2) is 0 Å². The van der Waals surface area contributed by atoms with Gasteiger partial charge in [0.15, 0.2) is 11.5 Å². The molecule has 0 aliphatic heterocycles. The summed E-state index contributed by atoms with van der Waals surface area (Å²) < 4.78 is 20.2. The summed E-state index contributed by atoms with van der Waals surface area (Å²) in [6, 6.07) is 15.3. The third-order valence-corrected chi connectivity index (χ3v) is 15.1. The smallest absolute Gasteiger partial charge is 0.203 e. The lowest BCUT2D eigenvalue weighted by atomic mass is 10.0. The van der Waals surface area contributed by atoms with E-state index in [1.54, 1.807) is 0 Å². The van der Waals surface area contributed by atoms with E-state index in [-0.39, 0.29) is 0 Å². The van der Waals surface area contributed by atoms with Crippen LogP contribution in [-0.2, 0) is 6.42 Å². The van der Waals surface area contributed by atoms with E-state index in [9.17, 15) is 0 Å². The van der Waals surface area contributed by atoms with Crippen molar-refractivity contribution in [1.82, 2.24) is 0 Å². The first kappa shape index (κ1) is 64.0. The number of hydrogen-bond acceptors (Lipinski definition) is 3. The molecule has 0 bridgehead atoms. The van der Waals surface area contributed by atoms with Crippen molar-refractivity contribution >= 4 is 0 Å². The zero-order valence-corrected chi connectivity index (χ0v) is 47.5. The minimum atomic E-state index is 0.720. The van der Waals surface area contributed by atoms with Crippen molar-refractivity contribution in [1.29, 1.82) is 0 Å². The molecular weight excluding hydrogens is 853 g/mol. The van der Waals surface area contributed by atoms with Crippen molar-refractivity contribution in [2.75, 3.05) is 19.8 Å². The molecule has 0 aromatic heterocycles. The topological polar surface area (TPSA) is 27.7 Å². The molecule has 3 heteroatoms. The van der Waals surface area contributed by atoms with E-state index in [4.69, 9.17) is 14.2 Å². The highest BCUT2D eigenvalue weighted by Crippen LogP contribution is 2.42.